The Balaban J connectivity index is 2.50. The Hall–Kier alpha value is -1.95. The Morgan fingerprint density at radius 2 is 1.80 bits per heavy atom. The molecule has 0 bridgehead atoms. The molecule has 3 N–H and O–H groups in total. The monoisotopic (exact) mass is 581 g/mol. The van der Waals surface area contributed by atoms with Gasteiger partial charge in [-0.05, 0) is 59.2 Å². The summed E-state index contributed by atoms with van der Waals surface area (Å²) in [5.74, 6) is -2.89. The van der Waals surface area contributed by atoms with Gasteiger partial charge in [-0.1, -0.05) is 38.5 Å². The molecule has 41 heavy (non-hydrogen) atoms. The maximum Gasteiger partial charge on any atom is 0.308 e. The summed E-state index contributed by atoms with van der Waals surface area (Å²) in [6.45, 7) is 8.78. The number of aldehydes is 1. The summed E-state index contributed by atoms with van der Waals surface area (Å²) in [5.41, 5.74) is 0.735. The Morgan fingerprint density at radius 3 is 2.39 bits per heavy atom. The molecule has 0 saturated carbocycles. The highest BCUT2D eigenvalue weighted by Gasteiger charge is 2.43. The van der Waals surface area contributed by atoms with E-state index < -0.39 is 60.3 Å². The fraction of sp³-hybridized carbons (Fsp3) is 0.774. The van der Waals surface area contributed by atoms with Crippen molar-refractivity contribution in [3.8, 4) is 0 Å². The topological polar surface area (TPSA) is 143 Å². The van der Waals surface area contributed by atoms with Gasteiger partial charge in [0.05, 0.1) is 31.3 Å². The highest BCUT2D eigenvalue weighted by molar-refractivity contribution is 5.91. The van der Waals surface area contributed by atoms with E-state index in [9.17, 15) is 29.7 Å². The zero-order valence-electron chi connectivity index (χ0n) is 25.6. The van der Waals surface area contributed by atoms with Gasteiger partial charge >= 0.3 is 5.97 Å². The van der Waals surface area contributed by atoms with Crippen molar-refractivity contribution in [2.75, 3.05) is 20.7 Å². The highest BCUT2D eigenvalue weighted by Crippen LogP contribution is 2.34. The van der Waals surface area contributed by atoms with E-state index in [1.54, 1.807) is 32.9 Å². The lowest BCUT2D eigenvalue weighted by molar-refractivity contribution is -0.283. The smallest absolute Gasteiger partial charge is 0.308 e. The summed E-state index contributed by atoms with van der Waals surface area (Å²) < 4.78 is 18.1. The maximum atomic E-state index is 13.1. The molecular weight excluding hydrogens is 530 g/mol. The molecule has 0 aliphatic carbocycles. The fourth-order valence-electron chi connectivity index (χ4n) is 5.85. The van der Waals surface area contributed by atoms with Gasteiger partial charge in [-0.25, -0.2) is 0 Å². The molecule has 10 heteroatoms. The minimum Gasteiger partial charge on any atom is -0.462 e. The number of nitrogens with zero attached hydrogens (tertiary/aromatic N) is 1. The van der Waals surface area contributed by atoms with E-state index in [0.29, 0.717) is 12.8 Å². The maximum absolute atomic E-state index is 13.1. The number of hydrogen-bond donors (Lipinski definition) is 3. The van der Waals surface area contributed by atoms with Gasteiger partial charge in [-0.2, -0.15) is 0 Å². The first-order valence-electron chi connectivity index (χ1n) is 14.8. The molecule has 0 spiro atoms. The first-order chi connectivity index (χ1) is 19.3. The van der Waals surface area contributed by atoms with Crippen LogP contribution in [0.2, 0.25) is 0 Å². The SMILES string of the molecule is CCC1OC(=O)CC(O)C(C)C(OC2OC(C)CC(N(C)C)C2O)C(CC=O)CC(C)C(=O)/C=C\C(C)=C/C1CO. The van der Waals surface area contributed by atoms with Crippen molar-refractivity contribution < 1.29 is 43.9 Å². The van der Waals surface area contributed by atoms with Gasteiger partial charge in [-0.15, -0.1) is 0 Å². The lowest BCUT2D eigenvalue weighted by Crippen LogP contribution is -2.56. The Labute approximate surface area is 244 Å². The van der Waals surface area contributed by atoms with Gasteiger partial charge in [0.2, 0.25) is 0 Å². The number of cyclic esters (lactones) is 1. The van der Waals surface area contributed by atoms with Crippen LogP contribution in [0.15, 0.2) is 23.8 Å². The molecule has 2 rings (SSSR count). The average Bonchev–Trinajstić information content (AvgIpc) is 2.92. The molecule has 1 saturated heterocycles. The highest BCUT2D eigenvalue weighted by atomic mass is 16.7. The van der Waals surface area contributed by atoms with Crippen LogP contribution in [-0.2, 0) is 28.6 Å². The van der Waals surface area contributed by atoms with Gasteiger partial charge < -0.3 is 39.2 Å². The summed E-state index contributed by atoms with van der Waals surface area (Å²) >= 11 is 0. The number of hydrogen-bond acceptors (Lipinski definition) is 10. The summed E-state index contributed by atoms with van der Waals surface area (Å²) in [4.78, 5) is 39.8. The van der Waals surface area contributed by atoms with E-state index in [2.05, 4.69) is 0 Å². The van der Waals surface area contributed by atoms with E-state index in [4.69, 9.17) is 14.2 Å². The first kappa shape index (κ1) is 35.2. The summed E-state index contributed by atoms with van der Waals surface area (Å²) in [6, 6.07) is -0.234. The molecule has 11 unspecified atom stereocenters. The van der Waals surface area contributed by atoms with Gasteiger partial charge in [0.1, 0.15) is 18.5 Å². The van der Waals surface area contributed by atoms with Crippen LogP contribution in [-0.4, -0.2) is 102 Å². The molecule has 2 aliphatic rings. The normalized spacial score (nSPS) is 40.5. The first-order valence-corrected chi connectivity index (χ1v) is 14.8. The van der Waals surface area contributed by atoms with Crippen LogP contribution < -0.4 is 0 Å². The molecule has 2 heterocycles. The van der Waals surface area contributed by atoms with Crippen LogP contribution in [0.3, 0.4) is 0 Å². The number of ether oxygens (including phenoxy) is 3. The summed E-state index contributed by atoms with van der Waals surface area (Å²) in [7, 11) is 3.73. The van der Waals surface area contributed by atoms with Gasteiger partial charge in [-0.3, -0.25) is 9.59 Å². The van der Waals surface area contributed by atoms with Crippen LogP contribution in [0.1, 0.15) is 66.7 Å². The minimum atomic E-state index is -1.20. The Morgan fingerprint density at radius 1 is 1.12 bits per heavy atom. The third-order valence-electron chi connectivity index (χ3n) is 8.44. The molecule has 1 fully saturated rings. The van der Waals surface area contributed by atoms with Crippen LogP contribution in [0.5, 0.6) is 0 Å². The van der Waals surface area contributed by atoms with E-state index in [0.717, 1.165) is 11.9 Å². The largest absolute Gasteiger partial charge is 0.462 e. The molecule has 10 nitrogen and oxygen atoms in total. The van der Waals surface area contributed by atoms with Crippen molar-refractivity contribution in [2.45, 2.75) is 110 Å². The standard InChI is InChI=1S/C31H51NO9/c1-8-27-23(17-34)13-18(2)9-10-25(35)19(3)14-22(11-12-33)30(21(5)26(36)16-28(37)40-27)41-31-29(38)24(32(6)7)15-20(4)39-31/h9-10,12-13,19-24,26-27,29-31,34,36,38H,8,11,14-17H2,1-7H3/b10-9-,18-13-. The van der Waals surface area contributed by atoms with Crippen LogP contribution in [0.4, 0.5) is 0 Å². The summed E-state index contributed by atoms with van der Waals surface area (Å²) in [6.07, 6.45) is 1.85. The van der Waals surface area contributed by atoms with Crippen molar-refractivity contribution in [2.24, 2.45) is 23.7 Å². The lowest BCUT2D eigenvalue weighted by atomic mass is 9.79. The van der Waals surface area contributed by atoms with Gasteiger partial charge in [0.25, 0.3) is 0 Å². The molecule has 234 valence electrons. The molecule has 11 atom stereocenters. The predicted molar refractivity (Wildman–Crippen MR) is 154 cm³/mol. The van der Waals surface area contributed by atoms with Crippen LogP contribution in [0.25, 0.3) is 0 Å². The minimum absolute atomic E-state index is 0.0536. The second kappa shape index (κ2) is 16.6. The second-order valence-electron chi connectivity index (χ2n) is 12.0. The molecule has 0 aromatic carbocycles. The third-order valence-corrected chi connectivity index (χ3v) is 8.44. The van der Waals surface area contributed by atoms with Gasteiger partial charge in [0, 0.05) is 30.2 Å². The van der Waals surface area contributed by atoms with Crippen molar-refractivity contribution in [1.29, 1.82) is 0 Å². The zero-order valence-corrected chi connectivity index (χ0v) is 25.6. The molecule has 2 aliphatic heterocycles. The molecular formula is C31H51NO9. The molecule has 0 amide bonds. The average molecular weight is 582 g/mol. The van der Waals surface area contributed by atoms with Gasteiger partial charge in [0.15, 0.2) is 12.1 Å². The van der Waals surface area contributed by atoms with Crippen LogP contribution in [0, 0.1) is 23.7 Å². The van der Waals surface area contributed by atoms with E-state index in [-0.39, 0.29) is 43.8 Å². The molecule has 0 aromatic heterocycles. The van der Waals surface area contributed by atoms with Crippen molar-refractivity contribution in [3.05, 3.63) is 23.8 Å². The number of carbonyl (C=O) groups excluding carboxylic acids is 3. The lowest BCUT2D eigenvalue weighted by Gasteiger charge is -2.44. The summed E-state index contributed by atoms with van der Waals surface area (Å²) in [5, 5.41) is 32.3. The number of aliphatic hydroxyl groups is 3. The Bertz CT molecular complexity index is 919. The number of carbonyl (C=O) groups is 3. The zero-order chi connectivity index (χ0) is 30.9. The van der Waals surface area contributed by atoms with Crippen molar-refractivity contribution in [3.63, 3.8) is 0 Å². The quantitative estimate of drug-likeness (QED) is 0.303. The Kier molecular flexibility index (Phi) is 14.3. The predicted octanol–water partition coefficient (Wildman–Crippen LogP) is 2.43. The number of likely N-dealkylation sites (N-methyl/N-ethyl adjacent to an activating group) is 1. The number of esters is 1. The van der Waals surface area contributed by atoms with Crippen molar-refractivity contribution in [1.82, 2.24) is 4.90 Å². The van der Waals surface area contributed by atoms with E-state index in [1.165, 1.54) is 6.08 Å². The van der Waals surface area contributed by atoms with Crippen LogP contribution >= 0.6 is 0 Å². The number of rotatable bonds is 7. The fourth-order valence-corrected chi connectivity index (χ4v) is 5.85. The molecule has 0 aromatic rings. The number of aliphatic hydroxyl groups excluding tert-OH is 3. The molecule has 0 radical (unpaired) electrons. The second-order valence-corrected chi connectivity index (χ2v) is 12.0. The number of ketones is 1. The number of allylic oxidation sites excluding steroid dienone is 3. The third kappa shape index (κ3) is 10.1. The van der Waals surface area contributed by atoms with E-state index in [1.807, 2.05) is 32.8 Å². The van der Waals surface area contributed by atoms with Crippen molar-refractivity contribution >= 4 is 18.0 Å². The van der Waals surface area contributed by atoms with E-state index >= 15 is 0 Å².